The van der Waals surface area contributed by atoms with E-state index in [1.165, 1.54) is 4.90 Å². The van der Waals surface area contributed by atoms with Crippen LogP contribution in [0.3, 0.4) is 0 Å². The lowest BCUT2D eigenvalue weighted by Gasteiger charge is -2.37. The number of methoxy groups -OCH3 is 1. The lowest BCUT2D eigenvalue weighted by atomic mass is 9.79. The minimum Gasteiger partial charge on any atom is -0.384 e. The molecule has 1 aliphatic heterocycles. The molecule has 0 unspecified atom stereocenters. The van der Waals surface area contributed by atoms with Crippen molar-refractivity contribution in [3.05, 3.63) is 29.8 Å². The molecule has 146 valence electrons. The molecule has 3 amide bonds. The van der Waals surface area contributed by atoms with Gasteiger partial charge in [-0.15, -0.1) is 12.4 Å². The van der Waals surface area contributed by atoms with Gasteiger partial charge >= 0.3 is 6.03 Å². The first kappa shape index (κ1) is 22.2. The Bertz CT molecular complexity index is 598. The van der Waals surface area contributed by atoms with E-state index in [1.807, 2.05) is 0 Å². The van der Waals surface area contributed by atoms with Gasteiger partial charge in [0.25, 0.3) is 5.91 Å². The number of nitrogens with one attached hydrogen (secondary N) is 3. The fourth-order valence-corrected chi connectivity index (χ4v) is 2.98. The molecule has 0 spiro atoms. The van der Waals surface area contributed by atoms with Gasteiger partial charge in [0.15, 0.2) is 0 Å². The molecule has 1 heterocycles. The summed E-state index contributed by atoms with van der Waals surface area (Å²) in [5.74, 6) is -0.144. The second kappa shape index (κ2) is 10.4. The summed E-state index contributed by atoms with van der Waals surface area (Å²) in [6.07, 6.45) is 1.94. The lowest BCUT2D eigenvalue weighted by Crippen LogP contribution is -2.47. The Morgan fingerprint density at radius 2 is 1.96 bits per heavy atom. The minimum absolute atomic E-state index is 0. The molecule has 2 rings (SSSR count). The van der Waals surface area contributed by atoms with Crippen LogP contribution in [0.15, 0.2) is 24.3 Å². The molecule has 0 aliphatic carbocycles. The second-order valence-corrected chi connectivity index (χ2v) is 6.77. The molecule has 8 heteroatoms. The molecule has 0 radical (unpaired) electrons. The summed E-state index contributed by atoms with van der Waals surface area (Å²) < 4.78 is 5.38. The van der Waals surface area contributed by atoms with E-state index in [4.69, 9.17) is 4.74 Å². The minimum atomic E-state index is -0.230. The third-order valence-corrected chi connectivity index (χ3v) is 4.52. The van der Waals surface area contributed by atoms with E-state index in [0.717, 1.165) is 25.9 Å². The molecule has 7 nitrogen and oxygen atoms in total. The van der Waals surface area contributed by atoms with Crippen molar-refractivity contribution in [1.29, 1.82) is 0 Å². The SMILES string of the molecule is COCC1(CNC(=O)c2cccc(NC(=O)N(C)C)c2)CCNCC1.Cl. The predicted molar refractivity (Wildman–Crippen MR) is 105 cm³/mol. The standard InChI is InChI=1S/C18H28N4O3.ClH/c1-22(2)17(24)21-15-6-4-5-14(11-15)16(23)20-12-18(13-25-3)7-9-19-10-8-18;/h4-6,11,19H,7-10,12-13H2,1-3H3,(H,20,23)(H,21,24);1H. The summed E-state index contributed by atoms with van der Waals surface area (Å²) in [4.78, 5) is 25.7. The monoisotopic (exact) mass is 384 g/mol. The number of benzene rings is 1. The average Bonchev–Trinajstić information content (AvgIpc) is 2.61. The fraction of sp³-hybridized carbons (Fsp3) is 0.556. The van der Waals surface area contributed by atoms with Gasteiger partial charge in [-0.25, -0.2) is 4.79 Å². The smallest absolute Gasteiger partial charge is 0.321 e. The maximum atomic E-state index is 12.5. The summed E-state index contributed by atoms with van der Waals surface area (Å²) in [6, 6.07) is 6.72. The summed E-state index contributed by atoms with van der Waals surface area (Å²) in [5, 5.41) is 9.12. The van der Waals surface area contributed by atoms with E-state index < -0.39 is 0 Å². The number of piperidine rings is 1. The van der Waals surface area contributed by atoms with Crippen LogP contribution in [0.4, 0.5) is 10.5 Å². The van der Waals surface area contributed by atoms with Crippen LogP contribution in [0.2, 0.25) is 0 Å². The van der Waals surface area contributed by atoms with Crippen LogP contribution in [0, 0.1) is 5.41 Å². The Balaban J connectivity index is 0.00000338. The predicted octanol–water partition coefficient (Wildman–Crippen LogP) is 1.95. The first-order valence-corrected chi connectivity index (χ1v) is 8.52. The van der Waals surface area contributed by atoms with Crippen molar-refractivity contribution in [2.24, 2.45) is 5.41 Å². The van der Waals surface area contributed by atoms with Gasteiger partial charge in [0.1, 0.15) is 0 Å². The van der Waals surface area contributed by atoms with Gasteiger partial charge in [-0.3, -0.25) is 4.79 Å². The fourth-order valence-electron chi connectivity index (χ4n) is 2.98. The van der Waals surface area contributed by atoms with E-state index >= 15 is 0 Å². The molecular weight excluding hydrogens is 356 g/mol. The van der Waals surface area contributed by atoms with Crippen molar-refractivity contribution in [2.75, 3.05) is 52.8 Å². The van der Waals surface area contributed by atoms with Crippen LogP contribution in [-0.4, -0.2) is 64.3 Å². The second-order valence-electron chi connectivity index (χ2n) is 6.77. The van der Waals surface area contributed by atoms with Gasteiger partial charge in [-0.05, 0) is 44.1 Å². The molecule has 1 saturated heterocycles. The Morgan fingerprint density at radius 1 is 1.27 bits per heavy atom. The molecule has 26 heavy (non-hydrogen) atoms. The van der Waals surface area contributed by atoms with Crippen molar-refractivity contribution in [1.82, 2.24) is 15.5 Å². The van der Waals surface area contributed by atoms with Gasteiger partial charge in [-0.2, -0.15) is 0 Å². The molecule has 0 atom stereocenters. The normalized spacial score (nSPS) is 15.5. The first-order chi connectivity index (χ1) is 12.0. The Hall–Kier alpha value is -1.83. The highest BCUT2D eigenvalue weighted by Crippen LogP contribution is 2.28. The summed E-state index contributed by atoms with van der Waals surface area (Å²) in [6.45, 7) is 3.08. The highest BCUT2D eigenvalue weighted by Gasteiger charge is 2.32. The number of nitrogens with zero attached hydrogens (tertiary/aromatic N) is 1. The molecule has 0 saturated carbocycles. The summed E-state index contributed by atoms with van der Waals surface area (Å²) in [5.41, 5.74) is 1.10. The van der Waals surface area contributed by atoms with E-state index in [0.29, 0.717) is 24.4 Å². The highest BCUT2D eigenvalue weighted by molar-refractivity contribution is 5.96. The van der Waals surface area contributed by atoms with Crippen LogP contribution in [0.1, 0.15) is 23.2 Å². The average molecular weight is 385 g/mol. The molecule has 1 aliphatic rings. The maximum absolute atomic E-state index is 12.5. The molecule has 1 aromatic rings. The maximum Gasteiger partial charge on any atom is 0.321 e. The first-order valence-electron chi connectivity index (χ1n) is 8.52. The topological polar surface area (TPSA) is 82.7 Å². The zero-order chi connectivity index (χ0) is 18.3. The third-order valence-electron chi connectivity index (χ3n) is 4.52. The molecule has 3 N–H and O–H groups in total. The number of anilines is 1. The zero-order valence-corrected chi connectivity index (χ0v) is 16.4. The van der Waals surface area contributed by atoms with Crippen LogP contribution in [0.25, 0.3) is 0 Å². The molecular formula is C18H29ClN4O3. The van der Waals surface area contributed by atoms with E-state index in [-0.39, 0.29) is 29.8 Å². The van der Waals surface area contributed by atoms with Crippen molar-refractivity contribution in [2.45, 2.75) is 12.8 Å². The number of carbonyl (C=O) groups is 2. The van der Waals surface area contributed by atoms with E-state index in [2.05, 4.69) is 16.0 Å². The number of hydrogen-bond acceptors (Lipinski definition) is 4. The number of carbonyl (C=O) groups excluding carboxylic acids is 2. The number of rotatable bonds is 6. The van der Waals surface area contributed by atoms with E-state index in [9.17, 15) is 9.59 Å². The number of ether oxygens (including phenoxy) is 1. The zero-order valence-electron chi connectivity index (χ0n) is 15.6. The lowest BCUT2D eigenvalue weighted by molar-refractivity contribution is 0.0512. The van der Waals surface area contributed by atoms with Gasteiger partial charge in [0.2, 0.25) is 0 Å². The molecule has 1 fully saturated rings. The summed E-state index contributed by atoms with van der Waals surface area (Å²) in [7, 11) is 5.03. The highest BCUT2D eigenvalue weighted by atomic mass is 35.5. The largest absolute Gasteiger partial charge is 0.384 e. The molecule has 0 bridgehead atoms. The van der Waals surface area contributed by atoms with Crippen molar-refractivity contribution in [3.8, 4) is 0 Å². The van der Waals surface area contributed by atoms with Crippen molar-refractivity contribution in [3.63, 3.8) is 0 Å². The quantitative estimate of drug-likeness (QED) is 0.700. The van der Waals surface area contributed by atoms with Crippen LogP contribution >= 0.6 is 12.4 Å². The van der Waals surface area contributed by atoms with Gasteiger partial charge in [-0.1, -0.05) is 6.07 Å². The van der Waals surface area contributed by atoms with Crippen LogP contribution in [-0.2, 0) is 4.74 Å². The summed E-state index contributed by atoms with van der Waals surface area (Å²) >= 11 is 0. The molecule has 1 aromatic carbocycles. The number of urea groups is 1. The van der Waals surface area contributed by atoms with E-state index in [1.54, 1.807) is 45.5 Å². The van der Waals surface area contributed by atoms with Crippen LogP contribution in [0.5, 0.6) is 0 Å². The van der Waals surface area contributed by atoms with Crippen molar-refractivity contribution < 1.29 is 14.3 Å². The molecule has 0 aromatic heterocycles. The van der Waals surface area contributed by atoms with Gasteiger partial charge < -0.3 is 25.6 Å². The van der Waals surface area contributed by atoms with Crippen molar-refractivity contribution >= 4 is 30.0 Å². The Morgan fingerprint density at radius 3 is 2.58 bits per heavy atom. The number of hydrogen-bond donors (Lipinski definition) is 3. The van der Waals surface area contributed by atoms with Gasteiger partial charge in [0.05, 0.1) is 6.61 Å². The number of halogens is 1. The number of amides is 3. The van der Waals surface area contributed by atoms with Crippen LogP contribution < -0.4 is 16.0 Å². The Labute approximate surface area is 161 Å². The third kappa shape index (κ3) is 6.16. The Kier molecular flexibility index (Phi) is 8.84. The van der Waals surface area contributed by atoms with Gasteiger partial charge in [0, 0.05) is 44.4 Å².